The molecule has 1 N–H and O–H groups in total. The Hall–Kier alpha value is -0.120. The lowest BCUT2D eigenvalue weighted by molar-refractivity contribution is 0.101. The second-order valence-corrected chi connectivity index (χ2v) is 5.10. The molecule has 0 amide bonds. The Morgan fingerprint density at radius 2 is 1.88 bits per heavy atom. The highest BCUT2D eigenvalue weighted by atomic mass is 16.5. The van der Waals surface area contributed by atoms with Gasteiger partial charge in [0, 0.05) is 32.9 Å². The van der Waals surface area contributed by atoms with Crippen LogP contribution in [0.15, 0.2) is 0 Å². The maximum absolute atomic E-state index is 5.53. The van der Waals surface area contributed by atoms with E-state index in [0.717, 1.165) is 38.7 Å². The summed E-state index contributed by atoms with van der Waals surface area (Å²) in [5, 5.41) is 3.59. The Morgan fingerprint density at radius 3 is 2.59 bits per heavy atom. The highest BCUT2D eigenvalue weighted by Crippen LogP contribution is 2.26. The van der Waals surface area contributed by atoms with E-state index in [1.54, 1.807) is 7.11 Å². The molecule has 1 aliphatic carbocycles. The number of nitrogens with one attached hydrogen (secondary N) is 1. The highest BCUT2D eigenvalue weighted by Gasteiger charge is 2.18. The van der Waals surface area contributed by atoms with Gasteiger partial charge in [-0.15, -0.1) is 0 Å². The predicted octanol–water partition coefficient (Wildman–Crippen LogP) is 2.60. The van der Waals surface area contributed by atoms with Gasteiger partial charge in [-0.3, -0.25) is 0 Å². The Labute approximate surface area is 106 Å². The van der Waals surface area contributed by atoms with E-state index in [4.69, 9.17) is 9.47 Å². The maximum Gasteiger partial charge on any atom is 0.0591 e. The van der Waals surface area contributed by atoms with Crippen LogP contribution in [-0.2, 0) is 9.47 Å². The van der Waals surface area contributed by atoms with Crippen molar-refractivity contribution >= 4 is 0 Å². The normalized spacial score (nSPS) is 19.4. The van der Waals surface area contributed by atoms with Crippen LogP contribution in [0, 0.1) is 5.92 Å². The van der Waals surface area contributed by atoms with Gasteiger partial charge >= 0.3 is 0 Å². The molecule has 17 heavy (non-hydrogen) atoms. The number of hydrogen-bond acceptors (Lipinski definition) is 3. The lowest BCUT2D eigenvalue weighted by Crippen LogP contribution is -2.36. The van der Waals surface area contributed by atoms with Crippen LogP contribution in [0.1, 0.15) is 45.4 Å². The van der Waals surface area contributed by atoms with Crippen LogP contribution in [0.2, 0.25) is 0 Å². The summed E-state index contributed by atoms with van der Waals surface area (Å²) in [6.07, 6.45) is 8.08. The smallest absolute Gasteiger partial charge is 0.0591 e. The third-order valence-electron chi connectivity index (χ3n) is 3.71. The Bertz CT molecular complexity index is 170. The van der Waals surface area contributed by atoms with Crippen LogP contribution < -0.4 is 5.32 Å². The van der Waals surface area contributed by atoms with Gasteiger partial charge in [-0.1, -0.05) is 19.3 Å². The average molecular weight is 243 g/mol. The zero-order valence-corrected chi connectivity index (χ0v) is 11.5. The van der Waals surface area contributed by atoms with E-state index in [9.17, 15) is 0 Å². The van der Waals surface area contributed by atoms with Crippen LogP contribution in [0.5, 0.6) is 0 Å². The first-order chi connectivity index (χ1) is 8.34. The molecule has 1 fully saturated rings. The Morgan fingerprint density at radius 1 is 1.12 bits per heavy atom. The number of ether oxygens (including phenoxy) is 2. The molecule has 1 rings (SSSR count). The molecule has 0 radical (unpaired) electrons. The Balaban J connectivity index is 1.90. The van der Waals surface area contributed by atoms with Gasteiger partial charge in [0.1, 0.15) is 0 Å². The summed E-state index contributed by atoms with van der Waals surface area (Å²) in [6, 6.07) is 0.651. The fourth-order valence-electron chi connectivity index (χ4n) is 2.57. The quantitative estimate of drug-likeness (QED) is 0.631. The van der Waals surface area contributed by atoms with Gasteiger partial charge in [-0.2, -0.15) is 0 Å². The second-order valence-electron chi connectivity index (χ2n) is 5.10. The number of hydrogen-bond donors (Lipinski definition) is 1. The molecule has 0 aliphatic heterocycles. The predicted molar refractivity (Wildman–Crippen MR) is 71.4 cm³/mol. The van der Waals surface area contributed by atoms with Gasteiger partial charge in [0.25, 0.3) is 0 Å². The van der Waals surface area contributed by atoms with Crippen molar-refractivity contribution in [2.24, 2.45) is 5.92 Å². The van der Waals surface area contributed by atoms with Crippen molar-refractivity contribution in [2.75, 3.05) is 33.5 Å². The van der Waals surface area contributed by atoms with Crippen molar-refractivity contribution in [1.29, 1.82) is 0 Å². The van der Waals surface area contributed by atoms with E-state index in [1.165, 1.54) is 32.1 Å². The first kappa shape index (κ1) is 14.9. The lowest BCUT2D eigenvalue weighted by Gasteiger charge is -2.28. The van der Waals surface area contributed by atoms with Crippen molar-refractivity contribution < 1.29 is 9.47 Å². The summed E-state index contributed by atoms with van der Waals surface area (Å²) >= 11 is 0. The van der Waals surface area contributed by atoms with E-state index in [1.807, 2.05) is 0 Å². The molecule has 0 aromatic rings. The van der Waals surface area contributed by atoms with Gasteiger partial charge < -0.3 is 14.8 Å². The van der Waals surface area contributed by atoms with Crippen LogP contribution in [0.25, 0.3) is 0 Å². The lowest BCUT2D eigenvalue weighted by atomic mass is 9.84. The topological polar surface area (TPSA) is 30.5 Å². The molecule has 1 atom stereocenters. The van der Waals surface area contributed by atoms with Gasteiger partial charge in [-0.25, -0.2) is 0 Å². The fourth-order valence-corrected chi connectivity index (χ4v) is 2.57. The molecule has 0 bridgehead atoms. The van der Waals surface area contributed by atoms with Crippen LogP contribution >= 0.6 is 0 Å². The van der Waals surface area contributed by atoms with Crippen molar-refractivity contribution in [3.63, 3.8) is 0 Å². The van der Waals surface area contributed by atoms with E-state index in [2.05, 4.69) is 12.2 Å². The highest BCUT2D eigenvalue weighted by molar-refractivity contribution is 4.75. The largest absolute Gasteiger partial charge is 0.385 e. The molecule has 0 unspecified atom stereocenters. The zero-order chi connectivity index (χ0) is 12.3. The number of rotatable bonds is 9. The summed E-state index contributed by atoms with van der Waals surface area (Å²) in [5.41, 5.74) is 0. The summed E-state index contributed by atoms with van der Waals surface area (Å²) in [5.74, 6) is 0.886. The molecule has 1 saturated carbocycles. The molecular formula is C14H29NO2. The molecule has 3 heteroatoms. The van der Waals surface area contributed by atoms with Gasteiger partial charge in [-0.05, 0) is 32.1 Å². The SMILES string of the molecule is COCCCOCCN[C@@H](C)C1CCCCC1. The molecular weight excluding hydrogens is 214 g/mol. The van der Waals surface area contributed by atoms with Gasteiger partial charge in [0.05, 0.1) is 6.61 Å². The summed E-state index contributed by atoms with van der Waals surface area (Å²) < 4.78 is 10.5. The summed E-state index contributed by atoms with van der Waals surface area (Å²) in [4.78, 5) is 0. The molecule has 1 aliphatic rings. The fraction of sp³-hybridized carbons (Fsp3) is 1.00. The van der Waals surface area contributed by atoms with Crippen LogP contribution in [-0.4, -0.2) is 39.5 Å². The third kappa shape index (κ3) is 7.02. The molecule has 0 saturated heterocycles. The van der Waals surface area contributed by atoms with E-state index < -0.39 is 0 Å². The van der Waals surface area contributed by atoms with Gasteiger partial charge in [0.2, 0.25) is 0 Å². The monoisotopic (exact) mass is 243 g/mol. The van der Waals surface area contributed by atoms with Crippen molar-refractivity contribution in [3.8, 4) is 0 Å². The van der Waals surface area contributed by atoms with Crippen LogP contribution in [0.3, 0.4) is 0 Å². The van der Waals surface area contributed by atoms with E-state index in [0.29, 0.717) is 6.04 Å². The molecule has 0 spiro atoms. The standard InChI is InChI=1S/C14H29NO2/c1-13(14-7-4-3-5-8-14)15-9-12-17-11-6-10-16-2/h13-15H,3-12H2,1-2H3/t13-/m0/s1. The zero-order valence-electron chi connectivity index (χ0n) is 11.5. The van der Waals surface area contributed by atoms with Crippen molar-refractivity contribution in [2.45, 2.75) is 51.5 Å². The van der Waals surface area contributed by atoms with Crippen LogP contribution in [0.4, 0.5) is 0 Å². The summed E-state index contributed by atoms with van der Waals surface area (Å²) in [7, 11) is 1.73. The molecule has 0 aromatic heterocycles. The van der Waals surface area contributed by atoms with E-state index in [-0.39, 0.29) is 0 Å². The maximum atomic E-state index is 5.53. The second kappa shape index (κ2) is 9.86. The van der Waals surface area contributed by atoms with Crippen molar-refractivity contribution in [1.82, 2.24) is 5.32 Å². The van der Waals surface area contributed by atoms with E-state index >= 15 is 0 Å². The molecule has 0 aromatic carbocycles. The molecule has 0 heterocycles. The average Bonchev–Trinajstić information content (AvgIpc) is 2.38. The van der Waals surface area contributed by atoms with Crippen molar-refractivity contribution in [3.05, 3.63) is 0 Å². The number of methoxy groups -OCH3 is 1. The first-order valence-corrected chi connectivity index (χ1v) is 7.14. The minimum Gasteiger partial charge on any atom is -0.385 e. The first-order valence-electron chi connectivity index (χ1n) is 7.14. The third-order valence-corrected chi connectivity index (χ3v) is 3.71. The minimum absolute atomic E-state index is 0.651. The summed E-state index contributed by atoms with van der Waals surface area (Å²) in [6.45, 7) is 5.73. The Kier molecular flexibility index (Phi) is 8.67. The minimum atomic E-state index is 0.651. The molecule has 102 valence electrons. The van der Waals surface area contributed by atoms with Gasteiger partial charge in [0.15, 0.2) is 0 Å². The molecule has 3 nitrogen and oxygen atoms in total.